The Balaban J connectivity index is 1.79. The van der Waals surface area contributed by atoms with Gasteiger partial charge in [-0.1, -0.05) is 29.3 Å². The summed E-state index contributed by atoms with van der Waals surface area (Å²) in [5.41, 5.74) is 7.05. The second-order valence-corrected chi connectivity index (χ2v) is 6.40. The number of hydrogen-bond acceptors (Lipinski definition) is 4. The van der Waals surface area contributed by atoms with Crippen molar-refractivity contribution >= 4 is 51.5 Å². The molecule has 0 atom stereocenters. The number of rotatable bonds is 4. The highest BCUT2D eigenvalue weighted by Crippen LogP contribution is 2.28. The van der Waals surface area contributed by atoms with Crippen LogP contribution in [0, 0.1) is 0 Å². The quantitative estimate of drug-likeness (QED) is 0.641. The van der Waals surface area contributed by atoms with Gasteiger partial charge in [-0.05, 0) is 18.2 Å². The van der Waals surface area contributed by atoms with Gasteiger partial charge in [0.05, 0.1) is 21.3 Å². The normalized spacial score (nSPS) is 10.6. The molecule has 0 unspecified atom stereocenters. The molecule has 3 aromatic rings. The van der Waals surface area contributed by atoms with Crippen LogP contribution >= 0.6 is 34.5 Å². The van der Waals surface area contributed by atoms with E-state index in [9.17, 15) is 9.59 Å². The Morgan fingerprint density at radius 3 is 2.79 bits per heavy atom. The molecule has 0 bridgehead atoms. The standard InChI is InChI=1S/C15H10Cl2N4O2S/c16-9-3-1-2-8(12(9)17)14(23)21-15-20-11(6-24-15)7-4-10(13(18)22)19-5-7/h1-6,19H,(H2,18,22)(H,20,21,23). The van der Waals surface area contributed by atoms with Crippen molar-refractivity contribution in [3.05, 3.63) is 57.1 Å². The van der Waals surface area contributed by atoms with E-state index >= 15 is 0 Å². The van der Waals surface area contributed by atoms with Crippen molar-refractivity contribution < 1.29 is 9.59 Å². The minimum Gasteiger partial charge on any atom is -0.364 e. The Hall–Kier alpha value is -2.35. The second kappa shape index (κ2) is 6.64. The molecule has 0 spiro atoms. The van der Waals surface area contributed by atoms with Gasteiger partial charge in [-0.15, -0.1) is 11.3 Å². The molecule has 2 heterocycles. The lowest BCUT2D eigenvalue weighted by atomic mass is 10.2. The maximum atomic E-state index is 12.3. The van der Waals surface area contributed by atoms with E-state index < -0.39 is 11.8 Å². The lowest BCUT2D eigenvalue weighted by Crippen LogP contribution is -2.12. The summed E-state index contributed by atoms with van der Waals surface area (Å²) in [5.74, 6) is -0.962. The van der Waals surface area contributed by atoms with Gasteiger partial charge in [0.15, 0.2) is 5.13 Å². The number of nitrogens with two attached hydrogens (primary N) is 1. The maximum absolute atomic E-state index is 12.3. The maximum Gasteiger partial charge on any atom is 0.265 e. The van der Waals surface area contributed by atoms with Crippen LogP contribution in [0.4, 0.5) is 5.13 Å². The summed E-state index contributed by atoms with van der Waals surface area (Å²) >= 11 is 13.2. The van der Waals surface area contributed by atoms with Crippen LogP contribution in [0.15, 0.2) is 35.8 Å². The lowest BCUT2D eigenvalue weighted by molar-refractivity contribution is 0.0994. The molecule has 24 heavy (non-hydrogen) atoms. The van der Waals surface area contributed by atoms with Crippen LogP contribution in [0.5, 0.6) is 0 Å². The van der Waals surface area contributed by atoms with Crippen LogP contribution in [0.2, 0.25) is 10.0 Å². The predicted octanol–water partition coefficient (Wildman–Crippen LogP) is 3.80. The lowest BCUT2D eigenvalue weighted by Gasteiger charge is -2.04. The molecule has 0 aliphatic heterocycles. The zero-order valence-corrected chi connectivity index (χ0v) is 14.3. The molecule has 0 fully saturated rings. The molecule has 0 saturated heterocycles. The van der Waals surface area contributed by atoms with E-state index in [1.165, 1.54) is 11.3 Å². The van der Waals surface area contributed by atoms with Gasteiger partial charge in [0.1, 0.15) is 5.69 Å². The van der Waals surface area contributed by atoms with E-state index in [4.69, 9.17) is 28.9 Å². The van der Waals surface area contributed by atoms with Crippen molar-refractivity contribution in [3.63, 3.8) is 0 Å². The van der Waals surface area contributed by atoms with Crippen LogP contribution in [0.1, 0.15) is 20.8 Å². The number of primary amides is 1. The van der Waals surface area contributed by atoms with Crippen molar-refractivity contribution in [1.29, 1.82) is 0 Å². The number of thiazole rings is 1. The molecule has 9 heteroatoms. The summed E-state index contributed by atoms with van der Waals surface area (Å²) in [6.07, 6.45) is 1.62. The largest absolute Gasteiger partial charge is 0.364 e. The molecular formula is C15H10Cl2N4O2S. The number of carbonyl (C=O) groups is 2. The summed E-state index contributed by atoms with van der Waals surface area (Å²) in [6, 6.07) is 6.41. The third kappa shape index (κ3) is 3.28. The molecule has 2 aromatic heterocycles. The molecule has 0 radical (unpaired) electrons. The SMILES string of the molecule is NC(=O)c1cc(-c2csc(NC(=O)c3cccc(Cl)c3Cl)n2)c[nH]1. The molecule has 3 rings (SSSR count). The third-order valence-corrected chi connectivity index (χ3v) is 4.74. The van der Waals surface area contributed by atoms with E-state index in [0.29, 0.717) is 21.4 Å². The highest BCUT2D eigenvalue weighted by atomic mass is 35.5. The first-order chi connectivity index (χ1) is 11.5. The summed E-state index contributed by atoms with van der Waals surface area (Å²) in [4.78, 5) is 30.4. The predicted molar refractivity (Wildman–Crippen MR) is 94.8 cm³/mol. The second-order valence-electron chi connectivity index (χ2n) is 4.76. The number of halogens is 2. The average molecular weight is 381 g/mol. The van der Waals surface area contributed by atoms with Gasteiger partial charge in [-0.2, -0.15) is 0 Å². The molecule has 6 nitrogen and oxygen atoms in total. The summed E-state index contributed by atoms with van der Waals surface area (Å²) in [5, 5.41) is 5.31. The summed E-state index contributed by atoms with van der Waals surface area (Å²) < 4.78 is 0. The highest BCUT2D eigenvalue weighted by Gasteiger charge is 2.15. The first-order valence-corrected chi connectivity index (χ1v) is 8.28. The molecule has 2 amide bonds. The van der Waals surface area contributed by atoms with Gasteiger partial charge in [0.2, 0.25) is 0 Å². The fourth-order valence-corrected chi connectivity index (χ4v) is 3.09. The highest BCUT2D eigenvalue weighted by molar-refractivity contribution is 7.14. The van der Waals surface area contributed by atoms with Crippen molar-refractivity contribution in [3.8, 4) is 11.3 Å². The summed E-state index contributed by atoms with van der Waals surface area (Å²) in [6.45, 7) is 0. The van der Waals surface area contributed by atoms with Gasteiger partial charge in [-0.25, -0.2) is 4.98 Å². The van der Waals surface area contributed by atoms with Gasteiger partial charge in [0.25, 0.3) is 11.8 Å². The van der Waals surface area contributed by atoms with E-state index in [2.05, 4.69) is 15.3 Å². The smallest absolute Gasteiger partial charge is 0.265 e. The van der Waals surface area contributed by atoms with Gasteiger partial charge in [0, 0.05) is 17.1 Å². The number of nitrogens with one attached hydrogen (secondary N) is 2. The van der Waals surface area contributed by atoms with E-state index in [1.807, 2.05) is 0 Å². The number of H-pyrrole nitrogens is 1. The number of carbonyl (C=O) groups excluding carboxylic acids is 2. The van der Waals surface area contributed by atoms with Crippen LogP contribution in [0.25, 0.3) is 11.3 Å². The fourth-order valence-electron chi connectivity index (χ4n) is 1.99. The minimum absolute atomic E-state index is 0.185. The Bertz CT molecular complexity index is 935. The van der Waals surface area contributed by atoms with Gasteiger partial charge < -0.3 is 10.7 Å². The third-order valence-electron chi connectivity index (χ3n) is 3.17. The number of aromatic nitrogens is 2. The molecular weight excluding hydrogens is 371 g/mol. The van der Waals surface area contributed by atoms with E-state index in [-0.39, 0.29) is 16.3 Å². The monoisotopic (exact) mass is 380 g/mol. The molecule has 0 saturated carbocycles. The Labute approximate surface area is 150 Å². The first kappa shape index (κ1) is 16.5. The number of anilines is 1. The van der Waals surface area contributed by atoms with E-state index in [1.54, 1.807) is 35.8 Å². The van der Waals surface area contributed by atoms with Crippen molar-refractivity contribution in [1.82, 2.24) is 9.97 Å². The zero-order chi connectivity index (χ0) is 17.3. The van der Waals surface area contributed by atoms with Crippen LogP contribution in [-0.4, -0.2) is 21.8 Å². The van der Waals surface area contributed by atoms with Crippen LogP contribution in [0.3, 0.4) is 0 Å². The Kier molecular flexibility index (Phi) is 4.57. The molecule has 0 aliphatic rings. The molecule has 4 N–H and O–H groups in total. The van der Waals surface area contributed by atoms with Crippen LogP contribution < -0.4 is 11.1 Å². The number of aromatic amines is 1. The average Bonchev–Trinajstić information content (AvgIpc) is 3.18. The minimum atomic E-state index is -0.555. The topological polar surface area (TPSA) is 101 Å². The Morgan fingerprint density at radius 2 is 2.08 bits per heavy atom. The number of nitrogens with zero attached hydrogens (tertiary/aromatic N) is 1. The number of benzene rings is 1. The zero-order valence-electron chi connectivity index (χ0n) is 12.0. The molecule has 122 valence electrons. The van der Waals surface area contributed by atoms with Gasteiger partial charge >= 0.3 is 0 Å². The molecule has 0 aliphatic carbocycles. The fraction of sp³-hybridized carbons (Fsp3) is 0. The van der Waals surface area contributed by atoms with E-state index in [0.717, 1.165) is 0 Å². The van der Waals surface area contributed by atoms with Crippen molar-refractivity contribution in [2.75, 3.05) is 5.32 Å². The van der Waals surface area contributed by atoms with Crippen molar-refractivity contribution in [2.45, 2.75) is 0 Å². The number of amides is 2. The van der Waals surface area contributed by atoms with Crippen LogP contribution in [-0.2, 0) is 0 Å². The Morgan fingerprint density at radius 1 is 1.29 bits per heavy atom. The summed E-state index contributed by atoms with van der Waals surface area (Å²) in [7, 11) is 0. The number of hydrogen-bond donors (Lipinski definition) is 3. The van der Waals surface area contributed by atoms with Crippen molar-refractivity contribution in [2.24, 2.45) is 5.73 Å². The first-order valence-electron chi connectivity index (χ1n) is 6.65. The van der Waals surface area contributed by atoms with Gasteiger partial charge in [-0.3, -0.25) is 14.9 Å². The molecule has 1 aromatic carbocycles.